The number of aryl methyl sites for hydroxylation is 2. The van der Waals surface area contributed by atoms with Crippen LogP contribution < -0.4 is 10.6 Å². The lowest BCUT2D eigenvalue weighted by atomic mass is 9.85. The van der Waals surface area contributed by atoms with Crippen molar-refractivity contribution in [2.24, 2.45) is 11.8 Å². The Labute approximate surface area is 143 Å². The normalized spacial score (nSPS) is 29.8. The van der Waals surface area contributed by atoms with E-state index in [9.17, 15) is 4.79 Å². The van der Waals surface area contributed by atoms with E-state index in [4.69, 9.17) is 0 Å². The van der Waals surface area contributed by atoms with Gasteiger partial charge in [0.05, 0.1) is 6.04 Å². The summed E-state index contributed by atoms with van der Waals surface area (Å²) in [5.41, 5.74) is 0. The Kier molecular flexibility index (Phi) is 4.46. The predicted molar refractivity (Wildman–Crippen MR) is 91.5 cm³/mol. The van der Waals surface area contributed by atoms with E-state index in [1.807, 2.05) is 4.68 Å². The smallest absolute Gasteiger partial charge is 0.315 e. The summed E-state index contributed by atoms with van der Waals surface area (Å²) >= 11 is 0. The van der Waals surface area contributed by atoms with Crippen LogP contribution in [0.1, 0.15) is 76.0 Å². The molecule has 4 rings (SSSR count). The molecular formula is C18H29N5O. The number of carbonyl (C=O) groups is 1. The fourth-order valence-electron chi connectivity index (χ4n) is 4.52. The molecule has 132 valence electrons. The van der Waals surface area contributed by atoms with Crippen molar-refractivity contribution in [2.45, 2.75) is 83.3 Å². The maximum atomic E-state index is 12.4. The Hall–Kier alpha value is -1.59. The second-order valence-corrected chi connectivity index (χ2v) is 7.68. The Morgan fingerprint density at radius 3 is 2.79 bits per heavy atom. The first-order valence-electron chi connectivity index (χ1n) is 9.75. The third kappa shape index (κ3) is 3.28. The molecule has 24 heavy (non-hydrogen) atoms. The minimum Gasteiger partial charge on any atom is -0.335 e. The summed E-state index contributed by atoms with van der Waals surface area (Å²) < 4.78 is 1.97. The summed E-state index contributed by atoms with van der Waals surface area (Å²) in [6.45, 7) is 2.98. The predicted octanol–water partition coefficient (Wildman–Crippen LogP) is 2.94. The number of aromatic nitrogens is 3. The van der Waals surface area contributed by atoms with Crippen LogP contribution in [0, 0.1) is 11.8 Å². The lowest BCUT2D eigenvalue weighted by Gasteiger charge is -2.24. The van der Waals surface area contributed by atoms with E-state index in [0.717, 1.165) is 49.3 Å². The molecule has 0 spiro atoms. The Bertz CT molecular complexity index is 592. The Balaban J connectivity index is 1.30. The Morgan fingerprint density at radius 1 is 1.17 bits per heavy atom. The van der Waals surface area contributed by atoms with E-state index >= 15 is 0 Å². The number of hydrogen-bond donors (Lipinski definition) is 2. The van der Waals surface area contributed by atoms with Crippen molar-refractivity contribution in [3.05, 3.63) is 11.6 Å². The first kappa shape index (κ1) is 15.9. The highest BCUT2D eigenvalue weighted by molar-refractivity contribution is 5.75. The van der Waals surface area contributed by atoms with Crippen LogP contribution in [-0.4, -0.2) is 26.8 Å². The van der Waals surface area contributed by atoms with Gasteiger partial charge in [-0.25, -0.2) is 14.5 Å². The van der Waals surface area contributed by atoms with Gasteiger partial charge >= 0.3 is 6.03 Å². The summed E-state index contributed by atoms with van der Waals surface area (Å²) in [6.07, 6.45) is 10.8. The number of carbonyl (C=O) groups excluding carboxylic acids is 1. The molecule has 2 fully saturated rings. The summed E-state index contributed by atoms with van der Waals surface area (Å²) in [7, 11) is 0. The van der Waals surface area contributed by atoms with E-state index in [2.05, 4.69) is 27.6 Å². The maximum Gasteiger partial charge on any atom is 0.315 e. The quantitative estimate of drug-likeness (QED) is 0.891. The molecule has 0 radical (unpaired) electrons. The zero-order valence-electron chi connectivity index (χ0n) is 14.6. The standard InChI is InChI=1S/C18H29N5O/c1-2-16-21-17-14(9-6-10-23(17)22-16)19-18(24)20-15-11-13(15)12-7-4-3-5-8-12/h12-15H,2-11H2,1H3,(H2,19,20,24)/t13-,14+,15+/m1/s1. The summed E-state index contributed by atoms with van der Waals surface area (Å²) in [5.74, 6) is 3.36. The van der Waals surface area contributed by atoms with Gasteiger partial charge in [-0.2, -0.15) is 5.10 Å². The van der Waals surface area contributed by atoms with Gasteiger partial charge in [0.1, 0.15) is 5.82 Å². The van der Waals surface area contributed by atoms with Crippen molar-refractivity contribution in [3.63, 3.8) is 0 Å². The van der Waals surface area contributed by atoms with Gasteiger partial charge in [-0.15, -0.1) is 0 Å². The van der Waals surface area contributed by atoms with Crippen molar-refractivity contribution >= 4 is 6.03 Å². The van der Waals surface area contributed by atoms with Crippen LogP contribution in [0.3, 0.4) is 0 Å². The van der Waals surface area contributed by atoms with Crippen molar-refractivity contribution in [2.75, 3.05) is 0 Å². The molecular weight excluding hydrogens is 302 g/mol. The molecule has 6 heteroatoms. The van der Waals surface area contributed by atoms with Gasteiger partial charge in [-0.05, 0) is 31.1 Å². The van der Waals surface area contributed by atoms with Gasteiger partial charge in [-0.3, -0.25) is 0 Å². The third-order valence-electron chi connectivity index (χ3n) is 5.95. The van der Waals surface area contributed by atoms with Gasteiger partial charge in [0, 0.05) is 19.0 Å². The number of amides is 2. The van der Waals surface area contributed by atoms with Gasteiger partial charge in [-0.1, -0.05) is 39.0 Å². The summed E-state index contributed by atoms with van der Waals surface area (Å²) in [5, 5.41) is 10.8. The lowest BCUT2D eigenvalue weighted by molar-refractivity contribution is 0.230. The van der Waals surface area contributed by atoms with Crippen molar-refractivity contribution in [1.82, 2.24) is 25.4 Å². The van der Waals surface area contributed by atoms with Crippen LogP contribution in [0.5, 0.6) is 0 Å². The van der Waals surface area contributed by atoms with Crippen molar-refractivity contribution in [1.29, 1.82) is 0 Å². The molecule has 2 heterocycles. The fourth-order valence-corrected chi connectivity index (χ4v) is 4.52. The van der Waals surface area contributed by atoms with E-state index < -0.39 is 0 Å². The Morgan fingerprint density at radius 2 is 2.00 bits per heavy atom. The van der Waals surface area contributed by atoms with E-state index in [1.165, 1.54) is 38.5 Å². The number of nitrogens with one attached hydrogen (secondary N) is 2. The van der Waals surface area contributed by atoms with Crippen LogP contribution in [0.25, 0.3) is 0 Å². The minimum atomic E-state index is -0.0298. The molecule has 1 aromatic rings. The van der Waals surface area contributed by atoms with Crippen LogP contribution in [-0.2, 0) is 13.0 Å². The molecule has 2 N–H and O–H groups in total. The molecule has 1 aliphatic heterocycles. The molecule has 3 atom stereocenters. The second-order valence-electron chi connectivity index (χ2n) is 7.68. The number of fused-ring (bicyclic) bond motifs is 1. The molecule has 3 aliphatic rings. The molecule has 1 aromatic heterocycles. The minimum absolute atomic E-state index is 0.00145. The van der Waals surface area contributed by atoms with E-state index in [0.29, 0.717) is 6.04 Å². The van der Waals surface area contributed by atoms with Gasteiger partial charge in [0.2, 0.25) is 0 Å². The third-order valence-corrected chi connectivity index (χ3v) is 5.95. The highest BCUT2D eigenvalue weighted by Crippen LogP contribution is 2.44. The van der Waals surface area contributed by atoms with Crippen LogP contribution >= 0.6 is 0 Å². The molecule has 0 aromatic carbocycles. The molecule has 0 saturated heterocycles. The van der Waals surface area contributed by atoms with Gasteiger partial charge < -0.3 is 10.6 Å². The highest BCUT2D eigenvalue weighted by atomic mass is 16.2. The average molecular weight is 331 g/mol. The number of nitrogens with zero attached hydrogens (tertiary/aromatic N) is 3. The monoisotopic (exact) mass is 331 g/mol. The fraction of sp³-hybridized carbons (Fsp3) is 0.833. The largest absolute Gasteiger partial charge is 0.335 e. The van der Waals surface area contributed by atoms with Crippen molar-refractivity contribution < 1.29 is 4.79 Å². The molecule has 0 bridgehead atoms. The number of rotatable bonds is 4. The molecule has 2 aliphatic carbocycles. The SMILES string of the molecule is CCc1nc2n(n1)CCC[C@@H]2NC(=O)N[C@H]1C[C@@H]1C1CCCCC1. The molecule has 0 unspecified atom stereocenters. The molecule has 2 saturated carbocycles. The van der Waals surface area contributed by atoms with Crippen molar-refractivity contribution in [3.8, 4) is 0 Å². The van der Waals surface area contributed by atoms with Gasteiger partial charge in [0.25, 0.3) is 0 Å². The van der Waals surface area contributed by atoms with Crippen LogP contribution in [0.15, 0.2) is 0 Å². The lowest BCUT2D eigenvalue weighted by Crippen LogP contribution is -2.41. The number of hydrogen-bond acceptors (Lipinski definition) is 3. The zero-order valence-corrected chi connectivity index (χ0v) is 14.6. The molecule has 2 amide bonds. The summed E-state index contributed by atoms with van der Waals surface area (Å²) in [6, 6.07) is 0.358. The molecule has 6 nitrogen and oxygen atoms in total. The van der Waals surface area contributed by atoms with Crippen LogP contribution in [0.2, 0.25) is 0 Å². The van der Waals surface area contributed by atoms with Gasteiger partial charge in [0.15, 0.2) is 5.82 Å². The topological polar surface area (TPSA) is 71.8 Å². The maximum absolute atomic E-state index is 12.4. The summed E-state index contributed by atoms with van der Waals surface area (Å²) in [4.78, 5) is 17.0. The zero-order chi connectivity index (χ0) is 16.5. The first-order valence-corrected chi connectivity index (χ1v) is 9.75. The number of urea groups is 1. The average Bonchev–Trinajstić information content (AvgIpc) is 3.22. The van der Waals surface area contributed by atoms with E-state index in [1.54, 1.807) is 0 Å². The first-order chi connectivity index (χ1) is 11.7. The highest BCUT2D eigenvalue weighted by Gasteiger charge is 2.44. The van der Waals surface area contributed by atoms with Crippen LogP contribution in [0.4, 0.5) is 4.79 Å². The second kappa shape index (κ2) is 6.73. The van der Waals surface area contributed by atoms with E-state index in [-0.39, 0.29) is 12.1 Å².